The van der Waals surface area contributed by atoms with Gasteiger partial charge in [-0.05, 0) is 47.3 Å². The van der Waals surface area contributed by atoms with Crippen molar-refractivity contribution in [1.29, 1.82) is 0 Å². The molecule has 0 aliphatic carbocycles. The molecule has 5 rings (SSSR count). The average Bonchev–Trinajstić information content (AvgIpc) is 3.38. The first-order valence-electron chi connectivity index (χ1n) is 9.02. The molecule has 0 saturated heterocycles. The zero-order valence-electron chi connectivity index (χ0n) is 15.2. The molecule has 5 aromatic rings. The van der Waals surface area contributed by atoms with Crippen molar-refractivity contribution >= 4 is 56.0 Å². The summed E-state index contributed by atoms with van der Waals surface area (Å²) < 4.78 is 0. The molecule has 4 nitrogen and oxygen atoms in total. The van der Waals surface area contributed by atoms with E-state index in [4.69, 9.17) is 11.6 Å². The van der Waals surface area contributed by atoms with Crippen molar-refractivity contribution < 1.29 is 0 Å². The molecule has 0 amide bonds. The minimum absolute atomic E-state index is 0.685. The molecule has 7 heteroatoms. The van der Waals surface area contributed by atoms with Crippen LogP contribution in [0.2, 0.25) is 5.02 Å². The Morgan fingerprint density at radius 1 is 0.966 bits per heavy atom. The Morgan fingerprint density at radius 2 is 1.90 bits per heavy atom. The van der Waals surface area contributed by atoms with Gasteiger partial charge in [0.15, 0.2) is 5.01 Å². The molecule has 0 unspecified atom stereocenters. The normalized spacial score (nSPS) is 11.1. The maximum Gasteiger partial charge on any atom is 0.210 e. The van der Waals surface area contributed by atoms with Crippen molar-refractivity contribution in [3.05, 3.63) is 87.7 Å². The fourth-order valence-corrected chi connectivity index (χ4v) is 5.19. The monoisotopic (exact) mass is 434 g/mol. The van der Waals surface area contributed by atoms with Crippen LogP contribution >= 0.6 is 34.3 Å². The largest absolute Gasteiger partial charge is 0.330 e. The number of thiophene rings is 1. The number of nitrogens with one attached hydrogen (secondary N) is 1. The molecule has 1 N–H and O–H groups in total. The molecular formula is C22H15ClN4S2. The lowest BCUT2D eigenvalue weighted by atomic mass is 10.0. The zero-order chi connectivity index (χ0) is 19.6. The highest BCUT2D eigenvalue weighted by Gasteiger charge is 2.14. The van der Waals surface area contributed by atoms with Gasteiger partial charge in [0.05, 0.1) is 5.52 Å². The maximum absolute atomic E-state index is 6.06. The van der Waals surface area contributed by atoms with Gasteiger partial charge in [-0.25, -0.2) is 0 Å². The number of hydrogen-bond acceptors (Lipinski definition) is 6. The Balaban J connectivity index is 1.43. The van der Waals surface area contributed by atoms with Gasteiger partial charge in [0.25, 0.3) is 0 Å². The lowest BCUT2D eigenvalue weighted by Gasteiger charge is -2.06. The van der Waals surface area contributed by atoms with Crippen molar-refractivity contribution in [2.75, 3.05) is 5.32 Å². The summed E-state index contributed by atoms with van der Waals surface area (Å²) in [6.45, 7) is 0. The van der Waals surface area contributed by atoms with Crippen molar-refractivity contribution in [2.45, 2.75) is 6.42 Å². The molecule has 2 aromatic carbocycles. The molecule has 0 bridgehead atoms. The fraction of sp³-hybridized carbons (Fsp3) is 0.0455. The molecule has 0 fully saturated rings. The number of aromatic nitrogens is 3. The second-order valence-electron chi connectivity index (χ2n) is 6.47. The van der Waals surface area contributed by atoms with Crippen LogP contribution in [0.15, 0.2) is 72.2 Å². The number of rotatable bonds is 5. The Labute approximate surface area is 180 Å². The maximum atomic E-state index is 6.06. The van der Waals surface area contributed by atoms with Crippen LogP contribution in [-0.2, 0) is 6.42 Å². The van der Waals surface area contributed by atoms with Crippen molar-refractivity contribution in [2.24, 2.45) is 0 Å². The van der Waals surface area contributed by atoms with E-state index in [1.165, 1.54) is 27.2 Å². The standard InChI is InChI=1S/C22H15ClN4S2/c23-15-4-3-5-16(13-15)25-22-27-26-21(29-22)18-9-11-28-20(18)12-14-8-10-24-19-7-2-1-6-17(14)19/h1-11,13H,12H2,(H,25,27). The summed E-state index contributed by atoms with van der Waals surface area (Å²) >= 11 is 9.34. The molecule has 3 heterocycles. The summed E-state index contributed by atoms with van der Waals surface area (Å²) in [5.74, 6) is 0. The molecule has 3 aromatic heterocycles. The van der Waals surface area contributed by atoms with Crippen LogP contribution in [0.4, 0.5) is 10.8 Å². The van der Waals surface area contributed by atoms with E-state index < -0.39 is 0 Å². The van der Waals surface area contributed by atoms with E-state index in [2.05, 4.69) is 50.1 Å². The first-order valence-corrected chi connectivity index (χ1v) is 11.1. The SMILES string of the molecule is Clc1cccc(Nc2nnc(-c3ccsc3Cc3ccnc4ccccc34)s2)c1. The van der Waals surface area contributed by atoms with Crippen molar-refractivity contribution in [3.8, 4) is 10.6 Å². The molecule has 0 atom stereocenters. The first kappa shape index (κ1) is 18.2. The number of anilines is 2. The highest BCUT2D eigenvalue weighted by Crippen LogP contribution is 2.35. The molecule has 0 aliphatic rings. The number of benzene rings is 2. The number of nitrogens with zero attached hydrogens (tertiary/aromatic N) is 3. The van der Waals surface area contributed by atoms with Crippen LogP contribution in [-0.4, -0.2) is 15.2 Å². The van der Waals surface area contributed by atoms with Gasteiger partial charge in [0.2, 0.25) is 5.13 Å². The highest BCUT2D eigenvalue weighted by molar-refractivity contribution is 7.19. The van der Waals surface area contributed by atoms with E-state index in [0.717, 1.165) is 33.3 Å². The van der Waals surface area contributed by atoms with Gasteiger partial charge in [-0.1, -0.05) is 47.2 Å². The van der Waals surface area contributed by atoms with Crippen LogP contribution in [0.5, 0.6) is 0 Å². The van der Waals surface area contributed by atoms with E-state index in [9.17, 15) is 0 Å². The number of pyridine rings is 1. The molecular weight excluding hydrogens is 420 g/mol. The predicted molar refractivity (Wildman–Crippen MR) is 123 cm³/mol. The first-order chi connectivity index (χ1) is 14.3. The Bertz CT molecular complexity index is 1290. The minimum Gasteiger partial charge on any atom is -0.330 e. The van der Waals surface area contributed by atoms with E-state index in [1.807, 2.05) is 42.6 Å². The minimum atomic E-state index is 0.685. The molecule has 0 aliphatic heterocycles. The van der Waals surface area contributed by atoms with Crippen LogP contribution in [0.1, 0.15) is 10.4 Å². The molecule has 0 spiro atoms. The highest BCUT2D eigenvalue weighted by atomic mass is 35.5. The third-order valence-corrected chi connectivity index (χ3v) is 6.60. The van der Waals surface area contributed by atoms with Gasteiger partial charge in [0.1, 0.15) is 0 Å². The van der Waals surface area contributed by atoms with Crippen molar-refractivity contribution in [1.82, 2.24) is 15.2 Å². The summed E-state index contributed by atoms with van der Waals surface area (Å²) in [7, 11) is 0. The van der Waals surface area contributed by atoms with Gasteiger partial charge in [0, 0.05) is 39.2 Å². The molecule has 142 valence electrons. The molecule has 0 saturated carbocycles. The number of para-hydroxylation sites is 1. The Kier molecular flexibility index (Phi) is 4.97. The van der Waals surface area contributed by atoms with Gasteiger partial charge >= 0.3 is 0 Å². The number of halogens is 1. The van der Waals surface area contributed by atoms with E-state index in [0.29, 0.717) is 5.02 Å². The summed E-state index contributed by atoms with van der Waals surface area (Å²) in [5, 5.41) is 17.6. The third-order valence-electron chi connectivity index (χ3n) is 4.57. The van der Waals surface area contributed by atoms with Crippen LogP contribution in [0.3, 0.4) is 0 Å². The Hall–Kier alpha value is -2.80. The number of fused-ring (bicyclic) bond motifs is 1. The van der Waals surface area contributed by atoms with Crippen LogP contribution < -0.4 is 5.32 Å². The predicted octanol–water partition coefficient (Wildman–Crippen LogP) is 6.80. The van der Waals surface area contributed by atoms with E-state index in [1.54, 1.807) is 11.3 Å². The summed E-state index contributed by atoms with van der Waals surface area (Å²) in [6.07, 6.45) is 2.72. The smallest absolute Gasteiger partial charge is 0.210 e. The van der Waals surface area contributed by atoms with E-state index in [-0.39, 0.29) is 0 Å². The van der Waals surface area contributed by atoms with Gasteiger partial charge in [-0.2, -0.15) is 0 Å². The topological polar surface area (TPSA) is 50.7 Å². The van der Waals surface area contributed by atoms with Gasteiger partial charge in [-0.15, -0.1) is 21.5 Å². The summed E-state index contributed by atoms with van der Waals surface area (Å²) in [4.78, 5) is 5.74. The molecule has 0 radical (unpaired) electrons. The van der Waals surface area contributed by atoms with Gasteiger partial charge in [-0.3, -0.25) is 4.98 Å². The lowest BCUT2D eigenvalue weighted by Crippen LogP contribution is -1.91. The quantitative estimate of drug-likeness (QED) is 0.330. The molecule has 29 heavy (non-hydrogen) atoms. The number of hydrogen-bond donors (Lipinski definition) is 1. The second-order valence-corrected chi connectivity index (χ2v) is 8.88. The van der Waals surface area contributed by atoms with Crippen molar-refractivity contribution in [3.63, 3.8) is 0 Å². The lowest BCUT2D eigenvalue weighted by molar-refractivity contribution is 1.09. The summed E-state index contributed by atoms with van der Waals surface area (Å²) in [6, 6.07) is 20.0. The average molecular weight is 435 g/mol. The van der Waals surface area contributed by atoms with Gasteiger partial charge < -0.3 is 5.32 Å². The second kappa shape index (κ2) is 7.91. The van der Waals surface area contributed by atoms with Crippen LogP contribution in [0.25, 0.3) is 21.5 Å². The zero-order valence-corrected chi connectivity index (χ0v) is 17.6. The fourth-order valence-electron chi connectivity index (χ4n) is 3.22. The Morgan fingerprint density at radius 3 is 2.83 bits per heavy atom. The van der Waals surface area contributed by atoms with Crippen LogP contribution in [0, 0.1) is 0 Å². The summed E-state index contributed by atoms with van der Waals surface area (Å²) in [5.41, 5.74) is 4.31. The third kappa shape index (κ3) is 3.87. The van der Waals surface area contributed by atoms with E-state index >= 15 is 0 Å².